The highest BCUT2D eigenvalue weighted by atomic mass is 16.5. The van der Waals surface area contributed by atoms with Gasteiger partial charge in [0.15, 0.2) is 5.82 Å². The van der Waals surface area contributed by atoms with Crippen LogP contribution in [-0.4, -0.2) is 21.0 Å². The summed E-state index contributed by atoms with van der Waals surface area (Å²) in [5.74, 6) is 1.40. The molecule has 0 bridgehead atoms. The maximum atomic E-state index is 12.3. The van der Waals surface area contributed by atoms with Crippen LogP contribution in [0.15, 0.2) is 41.2 Å². The number of nitrogens with zero attached hydrogens (tertiary/aromatic N) is 3. The molecule has 7 heteroatoms. The van der Waals surface area contributed by atoms with Gasteiger partial charge < -0.3 is 15.2 Å². The molecule has 24 heavy (non-hydrogen) atoms. The zero-order chi connectivity index (χ0) is 17.1. The number of hydrogen-bond donors (Lipinski definition) is 2. The minimum absolute atomic E-state index is 0.236. The molecule has 122 valence electrons. The fourth-order valence-corrected chi connectivity index (χ4v) is 2.26. The molecule has 2 N–H and O–H groups in total. The number of para-hydroxylation sites is 1. The summed E-state index contributed by atoms with van der Waals surface area (Å²) in [5.41, 5.74) is 3.02. The number of anilines is 3. The number of aromatic nitrogens is 3. The minimum Gasteiger partial charge on any atom is -0.360 e. The van der Waals surface area contributed by atoms with Gasteiger partial charge in [-0.1, -0.05) is 23.4 Å². The van der Waals surface area contributed by atoms with Crippen molar-refractivity contribution in [3.8, 4) is 0 Å². The molecule has 0 unspecified atom stereocenters. The number of rotatable bonds is 4. The van der Waals surface area contributed by atoms with Crippen molar-refractivity contribution in [2.45, 2.75) is 20.8 Å². The molecule has 0 saturated heterocycles. The van der Waals surface area contributed by atoms with Crippen molar-refractivity contribution in [3.05, 3.63) is 59.2 Å². The second-order valence-corrected chi connectivity index (χ2v) is 5.46. The normalized spacial score (nSPS) is 10.5. The highest BCUT2D eigenvalue weighted by Crippen LogP contribution is 2.20. The maximum Gasteiger partial charge on any atom is 0.275 e. The molecule has 7 nitrogen and oxygen atoms in total. The number of nitrogens with one attached hydrogen (secondary N) is 2. The van der Waals surface area contributed by atoms with Gasteiger partial charge in [0.25, 0.3) is 5.91 Å². The second-order valence-electron chi connectivity index (χ2n) is 5.46. The van der Waals surface area contributed by atoms with E-state index in [-0.39, 0.29) is 11.6 Å². The molecule has 0 aliphatic carbocycles. The molecule has 2 aromatic heterocycles. The summed E-state index contributed by atoms with van der Waals surface area (Å²) in [6, 6.07) is 7.58. The molecule has 0 fully saturated rings. The van der Waals surface area contributed by atoms with E-state index in [2.05, 4.69) is 25.8 Å². The summed E-state index contributed by atoms with van der Waals surface area (Å²) < 4.78 is 4.96. The Labute approximate surface area is 139 Å². The fraction of sp³-hybridized carbons (Fsp3) is 0.176. The quantitative estimate of drug-likeness (QED) is 0.764. The van der Waals surface area contributed by atoms with Gasteiger partial charge in [-0.2, -0.15) is 0 Å². The van der Waals surface area contributed by atoms with Crippen LogP contribution in [0.3, 0.4) is 0 Å². The number of carbonyl (C=O) groups excluding carboxylic acids is 1. The Kier molecular flexibility index (Phi) is 4.24. The van der Waals surface area contributed by atoms with Crippen LogP contribution in [0.4, 0.5) is 17.3 Å². The van der Waals surface area contributed by atoms with Crippen LogP contribution in [0.5, 0.6) is 0 Å². The SMILES string of the molecule is Cc1cc(Nc2cnc(C(=O)Nc3c(C)cccc3C)cn2)no1. The van der Waals surface area contributed by atoms with Crippen LogP contribution in [-0.2, 0) is 0 Å². The van der Waals surface area contributed by atoms with Crippen LogP contribution >= 0.6 is 0 Å². The average molecular weight is 323 g/mol. The number of hydrogen-bond acceptors (Lipinski definition) is 6. The first-order chi connectivity index (χ1) is 11.5. The number of aryl methyl sites for hydroxylation is 3. The molecule has 0 aliphatic rings. The molecule has 2 heterocycles. The Hall–Kier alpha value is -3.22. The minimum atomic E-state index is -0.302. The van der Waals surface area contributed by atoms with E-state index in [1.165, 1.54) is 12.4 Å². The van der Waals surface area contributed by atoms with Gasteiger partial charge in [0.1, 0.15) is 17.3 Å². The predicted molar refractivity (Wildman–Crippen MR) is 90.4 cm³/mol. The Bertz CT molecular complexity index is 851. The average Bonchev–Trinajstić information content (AvgIpc) is 2.96. The molecule has 1 aromatic carbocycles. The lowest BCUT2D eigenvalue weighted by atomic mass is 10.1. The highest BCUT2D eigenvalue weighted by molar-refractivity contribution is 6.03. The number of amides is 1. The van der Waals surface area contributed by atoms with E-state index >= 15 is 0 Å². The van der Waals surface area contributed by atoms with E-state index in [1.54, 1.807) is 13.0 Å². The molecule has 0 spiro atoms. The van der Waals surface area contributed by atoms with Crippen molar-refractivity contribution >= 4 is 23.2 Å². The molecule has 0 aliphatic heterocycles. The first-order valence-electron chi connectivity index (χ1n) is 7.43. The van der Waals surface area contributed by atoms with Crippen molar-refractivity contribution < 1.29 is 9.32 Å². The van der Waals surface area contributed by atoms with Crippen LogP contribution in [0.1, 0.15) is 27.4 Å². The molecule has 0 radical (unpaired) electrons. The highest BCUT2D eigenvalue weighted by Gasteiger charge is 2.12. The zero-order valence-electron chi connectivity index (χ0n) is 13.6. The van der Waals surface area contributed by atoms with E-state index in [9.17, 15) is 4.79 Å². The Morgan fingerprint density at radius 3 is 2.38 bits per heavy atom. The second kappa shape index (κ2) is 6.49. The summed E-state index contributed by atoms with van der Waals surface area (Å²) in [4.78, 5) is 20.6. The molecule has 3 rings (SSSR count). The topological polar surface area (TPSA) is 92.9 Å². The van der Waals surface area contributed by atoms with Crippen molar-refractivity contribution in [3.63, 3.8) is 0 Å². The Balaban J connectivity index is 1.72. The number of carbonyl (C=O) groups is 1. The van der Waals surface area contributed by atoms with Gasteiger partial charge in [0.05, 0.1) is 12.4 Å². The van der Waals surface area contributed by atoms with Crippen molar-refractivity contribution in [2.24, 2.45) is 0 Å². The van der Waals surface area contributed by atoms with Crippen molar-refractivity contribution in [2.75, 3.05) is 10.6 Å². The van der Waals surface area contributed by atoms with Crippen molar-refractivity contribution in [1.29, 1.82) is 0 Å². The van der Waals surface area contributed by atoms with E-state index in [1.807, 2.05) is 32.0 Å². The first-order valence-corrected chi connectivity index (χ1v) is 7.43. The lowest BCUT2D eigenvalue weighted by Crippen LogP contribution is -2.15. The third kappa shape index (κ3) is 3.40. The summed E-state index contributed by atoms with van der Waals surface area (Å²) >= 11 is 0. The third-order valence-corrected chi connectivity index (χ3v) is 3.49. The Morgan fingerprint density at radius 2 is 1.79 bits per heavy atom. The lowest BCUT2D eigenvalue weighted by molar-refractivity contribution is 0.102. The maximum absolute atomic E-state index is 12.3. The molecule has 0 saturated carbocycles. The standard InChI is InChI=1S/C17H17N5O2/c1-10-5-4-6-11(2)16(10)21-17(23)13-8-19-15(9-18-13)20-14-7-12(3)24-22-14/h4-9H,1-3H3,(H,21,23)(H,19,20,22). The summed E-state index contributed by atoms with van der Waals surface area (Å²) in [7, 11) is 0. The molecule has 0 atom stereocenters. The van der Waals surface area contributed by atoms with Gasteiger partial charge in [-0.15, -0.1) is 0 Å². The van der Waals surface area contributed by atoms with Gasteiger partial charge in [0, 0.05) is 11.8 Å². The van der Waals surface area contributed by atoms with Crippen LogP contribution < -0.4 is 10.6 Å². The van der Waals surface area contributed by atoms with Crippen LogP contribution in [0.25, 0.3) is 0 Å². The molecular formula is C17H17N5O2. The fourth-order valence-electron chi connectivity index (χ4n) is 2.26. The van der Waals surface area contributed by atoms with E-state index in [4.69, 9.17) is 4.52 Å². The zero-order valence-corrected chi connectivity index (χ0v) is 13.6. The number of benzene rings is 1. The van der Waals surface area contributed by atoms with E-state index < -0.39 is 0 Å². The molecule has 1 amide bonds. The largest absolute Gasteiger partial charge is 0.360 e. The summed E-state index contributed by atoms with van der Waals surface area (Å²) in [5, 5.41) is 9.64. The van der Waals surface area contributed by atoms with E-state index in [0.29, 0.717) is 17.4 Å². The summed E-state index contributed by atoms with van der Waals surface area (Å²) in [6.45, 7) is 5.69. The van der Waals surface area contributed by atoms with Gasteiger partial charge >= 0.3 is 0 Å². The van der Waals surface area contributed by atoms with Gasteiger partial charge in [-0.3, -0.25) is 4.79 Å². The van der Waals surface area contributed by atoms with Gasteiger partial charge in [-0.05, 0) is 31.9 Å². The van der Waals surface area contributed by atoms with Gasteiger partial charge in [0.2, 0.25) is 0 Å². The first kappa shape index (κ1) is 15.7. The Morgan fingerprint density at radius 1 is 1.04 bits per heavy atom. The smallest absolute Gasteiger partial charge is 0.275 e. The molecular weight excluding hydrogens is 306 g/mol. The van der Waals surface area contributed by atoms with Crippen LogP contribution in [0.2, 0.25) is 0 Å². The predicted octanol–water partition coefficient (Wildman–Crippen LogP) is 3.39. The van der Waals surface area contributed by atoms with Gasteiger partial charge in [-0.25, -0.2) is 9.97 Å². The van der Waals surface area contributed by atoms with E-state index in [0.717, 1.165) is 16.8 Å². The third-order valence-electron chi connectivity index (χ3n) is 3.49. The van der Waals surface area contributed by atoms with Crippen molar-refractivity contribution in [1.82, 2.24) is 15.1 Å². The monoisotopic (exact) mass is 323 g/mol. The van der Waals surface area contributed by atoms with Crippen LogP contribution in [0, 0.1) is 20.8 Å². The summed E-state index contributed by atoms with van der Waals surface area (Å²) in [6.07, 6.45) is 2.89. The lowest BCUT2D eigenvalue weighted by Gasteiger charge is -2.11. The molecule has 3 aromatic rings.